The van der Waals surface area contributed by atoms with Crippen molar-refractivity contribution in [2.75, 3.05) is 26.4 Å². The lowest BCUT2D eigenvalue weighted by Crippen LogP contribution is -2.50. The van der Waals surface area contributed by atoms with Crippen molar-refractivity contribution in [1.29, 1.82) is 0 Å². The lowest BCUT2D eigenvalue weighted by atomic mass is 10.1. The van der Waals surface area contributed by atoms with Crippen LogP contribution in [0.25, 0.3) is 0 Å². The van der Waals surface area contributed by atoms with Crippen molar-refractivity contribution in [1.82, 2.24) is 14.9 Å². The zero-order chi connectivity index (χ0) is 18.4. The topological polar surface area (TPSA) is 64.6 Å². The molecule has 0 saturated carbocycles. The number of hydrogen-bond acceptors (Lipinski definition) is 5. The van der Waals surface area contributed by atoms with Gasteiger partial charge in [-0.25, -0.2) is 4.39 Å². The number of halogens is 1. The summed E-state index contributed by atoms with van der Waals surface area (Å²) in [5.74, 6) is -0.171. The van der Waals surface area contributed by atoms with Gasteiger partial charge in [-0.3, -0.25) is 14.8 Å². The predicted molar refractivity (Wildman–Crippen MR) is 93.3 cm³/mol. The first-order valence-electron chi connectivity index (χ1n) is 8.65. The van der Waals surface area contributed by atoms with Crippen molar-refractivity contribution in [3.63, 3.8) is 0 Å². The third-order valence-corrected chi connectivity index (χ3v) is 4.40. The van der Waals surface area contributed by atoms with Crippen LogP contribution in [0.4, 0.5) is 4.39 Å². The van der Waals surface area contributed by atoms with Gasteiger partial charge >= 0.3 is 0 Å². The molecule has 0 radical (unpaired) electrons. The molecule has 1 saturated heterocycles. The Bertz CT molecular complexity index is 756. The number of amides is 1. The molecule has 0 spiro atoms. The highest BCUT2D eigenvalue weighted by molar-refractivity contribution is 5.78. The number of ether oxygens (including phenoxy) is 2. The molecule has 1 atom stereocenters. The highest BCUT2D eigenvalue weighted by atomic mass is 19.1. The van der Waals surface area contributed by atoms with E-state index < -0.39 is 5.82 Å². The first-order chi connectivity index (χ1) is 12.6. The van der Waals surface area contributed by atoms with Gasteiger partial charge in [-0.05, 0) is 31.9 Å². The van der Waals surface area contributed by atoms with E-state index in [2.05, 4.69) is 9.97 Å². The summed E-state index contributed by atoms with van der Waals surface area (Å²) in [6, 6.07) is 5.75. The Hall–Kier alpha value is -2.54. The summed E-state index contributed by atoms with van der Waals surface area (Å²) in [6.45, 7) is 3.33. The van der Waals surface area contributed by atoms with Crippen molar-refractivity contribution in [3.8, 4) is 5.75 Å². The Balaban J connectivity index is 1.57. The van der Waals surface area contributed by atoms with Crippen LogP contribution in [0.15, 0.2) is 36.7 Å². The first kappa shape index (κ1) is 18.3. The van der Waals surface area contributed by atoms with Gasteiger partial charge in [0.05, 0.1) is 30.6 Å². The van der Waals surface area contributed by atoms with Crippen LogP contribution in [-0.2, 0) is 16.0 Å². The first-order valence-corrected chi connectivity index (χ1v) is 8.65. The normalized spacial score (nSPS) is 17.2. The molecule has 138 valence electrons. The fraction of sp³-hybridized carbons (Fsp3) is 0.421. The molecule has 1 aromatic heterocycles. The number of nitrogens with zero attached hydrogens (tertiary/aromatic N) is 3. The fourth-order valence-electron chi connectivity index (χ4n) is 2.99. The quantitative estimate of drug-likeness (QED) is 0.791. The molecule has 2 aromatic rings. The van der Waals surface area contributed by atoms with Gasteiger partial charge in [0.1, 0.15) is 11.6 Å². The van der Waals surface area contributed by atoms with Crippen LogP contribution >= 0.6 is 0 Å². The number of rotatable bonds is 6. The number of carbonyl (C=O) groups is 1. The molecule has 1 amide bonds. The van der Waals surface area contributed by atoms with Gasteiger partial charge in [0.15, 0.2) is 6.61 Å². The third kappa shape index (κ3) is 4.76. The molecule has 3 rings (SSSR count). The van der Waals surface area contributed by atoms with Crippen LogP contribution in [0.1, 0.15) is 17.8 Å². The standard InChI is InChI=1S/C19H22FN3O3/c1-14-18(22-8-7-21-14)6-5-16-12-25-10-9-23(16)19(24)13-26-17-4-2-3-15(20)11-17/h2-4,7-8,11,16H,5-6,9-10,12-13H2,1H3. The molecule has 0 aliphatic carbocycles. The molecule has 1 aliphatic rings. The Morgan fingerprint density at radius 2 is 2.23 bits per heavy atom. The molecule has 7 heteroatoms. The van der Waals surface area contributed by atoms with Crippen molar-refractivity contribution >= 4 is 5.91 Å². The highest BCUT2D eigenvalue weighted by Gasteiger charge is 2.27. The summed E-state index contributed by atoms with van der Waals surface area (Å²) in [4.78, 5) is 22.9. The third-order valence-electron chi connectivity index (χ3n) is 4.40. The van der Waals surface area contributed by atoms with E-state index in [1.165, 1.54) is 12.1 Å². The lowest BCUT2D eigenvalue weighted by molar-refractivity contribution is -0.142. The van der Waals surface area contributed by atoms with E-state index >= 15 is 0 Å². The van der Waals surface area contributed by atoms with Gasteiger partial charge in [-0.15, -0.1) is 0 Å². The number of benzene rings is 1. The number of hydrogen-bond donors (Lipinski definition) is 0. The van der Waals surface area contributed by atoms with Crippen molar-refractivity contribution < 1.29 is 18.7 Å². The van der Waals surface area contributed by atoms with Crippen molar-refractivity contribution in [3.05, 3.63) is 53.9 Å². The van der Waals surface area contributed by atoms with Crippen molar-refractivity contribution in [2.45, 2.75) is 25.8 Å². The van der Waals surface area contributed by atoms with E-state index in [0.717, 1.165) is 24.2 Å². The molecular weight excluding hydrogens is 337 g/mol. The molecule has 1 aromatic carbocycles. The zero-order valence-corrected chi connectivity index (χ0v) is 14.7. The molecule has 0 bridgehead atoms. The zero-order valence-electron chi connectivity index (χ0n) is 14.7. The Labute approximate surface area is 152 Å². The SMILES string of the molecule is Cc1nccnc1CCC1COCCN1C(=O)COc1cccc(F)c1. The molecule has 1 unspecified atom stereocenters. The molecule has 26 heavy (non-hydrogen) atoms. The van der Waals surface area contributed by atoms with Gasteiger partial charge in [-0.2, -0.15) is 0 Å². The number of morpholine rings is 1. The van der Waals surface area contributed by atoms with Gasteiger partial charge in [0, 0.05) is 25.0 Å². The van der Waals surface area contributed by atoms with Crippen LogP contribution < -0.4 is 4.74 Å². The average Bonchev–Trinajstić information content (AvgIpc) is 2.66. The molecule has 1 aliphatic heterocycles. The van der Waals surface area contributed by atoms with E-state index in [1.807, 2.05) is 6.92 Å². The van der Waals surface area contributed by atoms with E-state index in [1.54, 1.807) is 29.4 Å². The van der Waals surface area contributed by atoms with Gasteiger partial charge < -0.3 is 14.4 Å². The monoisotopic (exact) mass is 359 g/mol. The second-order valence-electron chi connectivity index (χ2n) is 6.19. The summed E-state index contributed by atoms with van der Waals surface area (Å²) < 4.78 is 24.2. The predicted octanol–water partition coefficient (Wildman–Crippen LogP) is 2.16. The molecular formula is C19H22FN3O3. The van der Waals surface area contributed by atoms with Crippen LogP contribution in [0.2, 0.25) is 0 Å². The maximum atomic E-state index is 13.2. The van der Waals surface area contributed by atoms with E-state index in [-0.39, 0.29) is 18.6 Å². The second kappa shape index (κ2) is 8.71. The van der Waals surface area contributed by atoms with Gasteiger partial charge in [0.2, 0.25) is 0 Å². The Kier molecular flexibility index (Phi) is 6.12. The molecule has 1 fully saturated rings. The van der Waals surface area contributed by atoms with Crippen LogP contribution in [0.3, 0.4) is 0 Å². The Morgan fingerprint density at radius 1 is 1.38 bits per heavy atom. The molecule has 6 nitrogen and oxygen atoms in total. The summed E-state index contributed by atoms with van der Waals surface area (Å²) >= 11 is 0. The van der Waals surface area contributed by atoms with E-state index in [4.69, 9.17) is 9.47 Å². The van der Waals surface area contributed by atoms with Crippen LogP contribution in [0, 0.1) is 12.7 Å². The lowest BCUT2D eigenvalue weighted by Gasteiger charge is -2.35. The smallest absolute Gasteiger partial charge is 0.260 e. The number of aryl methyl sites for hydroxylation is 2. The maximum Gasteiger partial charge on any atom is 0.260 e. The van der Waals surface area contributed by atoms with E-state index in [9.17, 15) is 9.18 Å². The fourth-order valence-corrected chi connectivity index (χ4v) is 2.99. The number of carbonyl (C=O) groups excluding carboxylic acids is 1. The second-order valence-corrected chi connectivity index (χ2v) is 6.19. The molecule has 2 heterocycles. The van der Waals surface area contributed by atoms with Gasteiger partial charge in [-0.1, -0.05) is 6.07 Å². The minimum absolute atomic E-state index is 0.0336. The summed E-state index contributed by atoms with van der Waals surface area (Å²) in [7, 11) is 0. The Morgan fingerprint density at radius 3 is 3.04 bits per heavy atom. The summed E-state index contributed by atoms with van der Waals surface area (Å²) in [5.41, 5.74) is 1.83. The summed E-state index contributed by atoms with van der Waals surface area (Å²) in [5, 5.41) is 0. The largest absolute Gasteiger partial charge is 0.484 e. The minimum atomic E-state index is -0.390. The van der Waals surface area contributed by atoms with Crippen molar-refractivity contribution in [2.24, 2.45) is 0 Å². The van der Waals surface area contributed by atoms with Crippen LogP contribution in [-0.4, -0.2) is 53.2 Å². The minimum Gasteiger partial charge on any atom is -0.484 e. The van der Waals surface area contributed by atoms with Gasteiger partial charge in [0.25, 0.3) is 5.91 Å². The average molecular weight is 359 g/mol. The van der Waals surface area contributed by atoms with E-state index in [0.29, 0.717) is 25.5 Å². The highest BCUT2D eigenvalue weighted by Crippen LogP contribution is 2.16. The molecule has 0 N–H and O–H groups in total. The summed E-state index contributed by atoms with van der Waals surface area (Å²) in [6.07, 6.45) is 4.81. The van der Waals surface area contributed by atoms with Crippen LogP contribution in [0.5, 0.6) is 5.75 Å². The number of aromatic nitrogens is 2. The maximum absolute atomic E-state index is 13.2.